The number of piperidine rings is 1. The van der Waals surface area contributed by atoms with Gasteiger partial charge < -0.3 is 15.5 Å². The molecule has 6 heteroatoms. The number of nitrogens with one attached hydrogen (secondary N) is 2. The fourth-order valence-electron chi connectivity index (χ4n) is 3.51. The zero-order chi connectivity index (χ0) is 19.8. The van der Waals surface area contributed by atoms with Crippen molar-refractivity contribution in [1.82, 2.24) is 15.2 Å². The summed E-state index contributed by atoms with van der Waals surface area (Å²) in [5.74, 6) is 1.18. The molecule has 1 aromatic carbocycles. The van der Waals surface area contributed by atoms with Crippen LogP contribution in [-0.4, -0.2) is 48.4 Å². The molecule has 0 aliphatic carbocycles. The van der Waals surface area contributed by atoms with Crippen molar-refractivity contribution in [2.45, 2.75) is 25.7 Å². The Labute approximate surface area is 166 Å². The first kappa shape index (κ1) is 19.9. The zero-order valence-corrected chi connectivity index (χ0v) is 16.4. The highest BCUT2D eigenvalue weighted by atomic mass is 16.2. The first-order valence-corrected chi connectivity index (χ1v) is 9.89. The van der Waals surface area contributed by atoms with Crippen molar-refractivity contribution >= 4 is 17.6 Å². The minimum Gasteiger partial charge on any atom is -0.361 e. The second kappa shape index (κ2) is 9.88. The topological polar surface area (TPSA) is 74.3 Å². The molecule has 1 fully saturated rings. The summed E-state index contributed by atoms with van der Waals surface area (Å²) in [4.78, 5) is 30.1. The Morgan fingerprint density at radius 2 is 1.86 bits per heavy atom. The third-order valence-electron chi connectivity index (χ3n) is 5.31. The average Bonchev–Trinajstić information content (AvgIpc) is 2.77. The quantitative estimate of drug-likeness (QED) is 0.775. The molecule has 0 bridgehead atoms. The number of benzene rings is 1. The summed E-state index contributed by atoms with van der Waals surface area (Å²) in [5, 5.41) is 5.47. The van der Waals surface area contributed by atoms with Gasteiger partial charge in [-0.2, -0.15) is 0 Å². The van der Waals surface area contributed by atoms with E-state index in [9.17, 15) is 9.59 Å². The van der Waals surface area contributed by atoms with E-state index in [1.54, 1.807) is 25.4 Å². The Balaban J connectivity index is 1.45. The summed E-state index contributed by atoms with van der Waals surface area (Å²) < 4.78 is 0. The lowest BCUT2D eigenvalue weighted by Gasteiger charge is -2.32. The van der Waals surface area contributed by atoms with Crippen molar-refractivity contribution in [3.8, 4) is 0 Å². The molecule has 0 unspecified atom stereocenters. The zero-order valence-electron chi connectivity index (χ0n) is 16.4. The predicted molar refractivity (Wildman–Crippen MR) is 110 cm³/mol. The molecule has 148 valence electrons. The van der Waals surface area contributed by atoms with Crippen LogP contribution in [0, 0.1) is 5.92 Å². The van der Waals surface area contributed by atoms with Gasteiger partial charge in [0.25, 0.3) is 5.91 Å². The predicted octanol–water partition coefficient (Wildman–Crippen LogP) is 2.72. The molecule has 28 heavy (non-hydrogen) atoms. The lowest BCUT2D eigenvalue weighted by molar-refractivity contribution is -0.118. The van der Waals surface area contributed by atoms with Crippen LogP contribution in [0.2, 0.25) is 0 Å². The van der Waals surface area contributed by atoms with E-state index in [1.165, 1.54) is 12.0 Å². The second-order valence-electron chi connectivity index (χ2n) is 7.22. The average molecular weight is 380 g/mol. The van der Waals surface area contributed by atoms with Crippen LogP contribution in [0.3, 0.4) is 0 Å². The van der Waals surface area contributed by atoms with Crippen molar-refractivity contribution in [2.75, 3.05) is 32.0 Å². The van der Waals surface area contributed by atoms with E-state index in [4.69, 9.17) is 0 Å². The summed E-state index contributed by atoms with van der Waals surface area (Å²) in [6.07, 6.45) is 5.97. The third kappa shape index (κ3) is 5.55. The van der Waals surface area contributed by atoms with Gasteiger partial charge in [0.1, 0.15) is 5.82 Å². The number of likely N-dealkylation sites (tertiary alicyclic amines) is 1. The fourth-order valence-corrected chi connectivity index (χ4v) is 3.51. The van der Waals surface area contributed by atoms with Crippen LogP contribution in [0.5, 0.6) is 0 Å². The van der Waals surface area contributed by atoms with E-state index in [0.717, 1.165) is 32.4 Å². The summed E-state index contributed by atoms with van der Waals surface area (Å²) in [5.41, 5.74) is 1.98. The van der Waals surface area contributed by atoms with Gasteiger partial charge in [0.05, 0.1) is 12.1 Å². The molecule has 2 heterocycles. The molecule has 2 N–H and O–H groups in total. The molecule has 1 saturated heterocycles. The highest BCUT2D eigenvalue weighted by molar-refractivity contribution is 5.94. The van der Waals surface area contributed by atoms with Crippen LogP contribution in [-0.2, 0) is 11.2 Å². The smallest absolute Gasteiger partial charge is 0.255 e. The molecule has 0 saturated carbocycles. The van der Waals surface area contributed by atoms with E-state index < -0.39 is 0 Å². The van der Waals surface area contributed by atoms with Gasteiger partial charge in [-0.1, -0.05) is 30.3 Å². The largest absolute Gasteiger partial charge is 0.361 e. The number of anilines is 1. The van der Waals surface area contributed by atoms with Gasteiger partial charge in [-0.25, -0.2) is 4.98 Å². The second-order valence-corrected chi connectivity index (χ2v) is 7.22. The Morgan fingerprint density at radius 3 is 2.50 bits per heavy atom. The summed E-state index contributed by atoms with van der Waals surface area (Å²) in [6.45, 7) is 1.76. The molecule has 0 radical (unpaired) electrons. The summed E-state index contributed by atoms with van der Waals surface area (Å²) in [6, 6.07) is 14.1. The minimum atomic E-state index is -0.114. The van der Waals surface area contributed by atoms with Gasteiger partial charge in [0.15, 0.2) is 0 Å². The molecule has 6 nitrogen and oxygen atoms in total. The Kier molecular flexibility index (Phi) is 7.00. The van der Waals surface area contributed by atoms with Gasteiger partial charge in [-0.15, -0.1) is 0 Å². The minimum absolute atomic E-state index is 0.0341. The van der Waals surface area contributed by atoms with E-state index in [0.29, 0.717) is 17.3 Å². The maximum Gasteiger partial charge on any atom is 0.255 e. The molecule has 1 aliphatic rings. The summed E-state index contributed by atoms with van der Waals surface area (Å²) in [7, 11) is 1.59. The highest BCUT2D eigenvalue weighted by Crippen LogP contribution is 2.23. The molecular formula is C22H28N4O2. The van der Waals surface area contributed by atoms with Crippen molar-refractivity contribution in [2.24, 2.45) is 5.92 Å². The van der Waals surface area contributed by atoms with Gasteiger partial charge in [0, 0.05) is 26.3 Å². The number of aromatic nitrogens is 1. The van der Waals surface area contributed by atoms with E-state index in [2.05, 4.69) is 39.9 Å². The molecule has 2 aromatic rings. The fraction of sp³-hybridized carbons (Fsp3) is 0.409. The van der Waals surface area contributed by atoms with Gasteiger partial charge in [0.2, 0.25) is 5.91 Å². The lowest BCUT2D eigenvalue weighted by atomic mass is 9.90. The number of aryl methyl sites for hydroxylation is 1. The number of nitrogens with zero attached hydrogens (tertiary/aromatic N) is 2. The van der Waals surface area contributed by atoms with Gasteiger partial charge in [-0.3, -0.25) is 9.59 Å². The van der Waals surface area contributed by atoms with E-state index in [-0.39, 0.29) is 18.4 Å². The number of likely N-dealkylation sites (N-methyl/N-ethyl adjacent to an activating group) is 1. The van der Waals surface area contributed by atoms with Crippen molar-refractivity contribution in [3.05, 3.63) is 59.8 Å². The van der Waals surface area contributed by atoms with Crippen molar-refractivity contribution in [1.29, 1.82) is 0 Å². The highest BCUT2D eigenvalue weighted by Gasteiger charge is 2.23. The lowest BCUT2D eigenvalue weighted by Crippen LogP contribution is -2.38. The molecule has 3 rings (SSSR count). The van der Waals surface area contributed by atoms with Gasteiger partial charge >= 0.3 is 0 Å². The first-order valence-electron chi connectivity index (χ1n) is 9.89. The molecular weight excluding hydrogens is 352 g/mol. The number of carbonyl (C=O) groups is 2. The molecule has 0 atom stereocenters. The van der Waals surface area contributed by atoms with Crippen LogP contribution >= 0.6 is 0 Å². The molecule has 1 aromatic heterocycles. The Morgan fingerprint density at radius 1 is 1.11 bits per heavy atom. The van der Waals surface area contributed by atoms with Gasteiger partial charge in [-0.05, 0) is 49.3 Å². The monoisotopic (exact) mass is 380 g/mol. The number of hydrogen-bond donors (Lipinski definition) is 2. The molecule has 0 spiro atoms. The Hall–Kier alpha value is -2.89. The third-order valence-corrected chi connectivity index (χ3v) is 5.31. The number of amides is 2. The summed E-state index contributed by atoms with van der Waals surface area (Å²) >= 11 is 0. The standard InChI is InChI=1S/C22H28N4O2/c1-23-21(27)16-25-20-10-9-19(15-24-20)22(28)26-13-11-18(12-14-26)8-7-17-5-3-2-4-6-17/h2-6,9-10,15,18H,7-8,11-14,16H2,1H3,(H,23,27)(H,24,25). The van der Waals surface area contributed by atoms with Crippen LogP contribution in [0.15, 0.2) is 48.7 Å². The van der Waals surface area contributed by atoms with E-state index in [1.807, 2.05) is 11.0 Å². The normalized spacial score (nSPS) is 14.5. The number of pyridine rings is 1. The van der Waals surface area contributed by atoms with E-state index >= 15 is 0 Å². The maximum absolute atomic E-state index is 12.7. The van der Waals surface area contributed by atoms with Crippen molar-refractivity contribution < 1.29 is 9.59 Å². The SMILES string of the molecule is CNC(=O)CNc1ccc(C(=O)N2CCC(CCc3ccccc3)CC2)cn1. The number of rotatable bonds is 7. The Bertz CT molecular complexity index is 769. The van der Waals surface area contributed by atoms with Crippen LogP contribution in [0.1, 0.15) is 35.2 Å². The molecule has 1 aliphatic heterocycles. The maximum atomic E-state index is 12.7. The first-order chi connectivity index (χ1) is 13.7. The number of hydrogen-bond acceptors (Lipinski definition) is 4. The van der Waals surface area contributed by atoms with Crippen LogP contribution in [0.4, 0.5) is 5.82 Å². The molecule has 2 amide bonds. The van der Waals surface area contributed by atoms with Crippen LogP contribution in [0.25, 0.3) is 0 Å². The van der Waals surface area contributed by atoms with Crippen molar-refractivity contribution in [3.63, 3.8) is 0 Å². The number of carbonyl (C=O) groups excluding carboxylic acids is 2. The van der Waals surface area contributed by atoms with Crippen LogP contribution < -0.4 is 10.6 Å².